The van der Waals surface area contributed by atoms with Gasteiger partial charge in [0.2, 0.25) is 0 Å². The van der Waals surface area contributed by atoms with Crippen LogP contribution in [0.5, 0.6) is 11.5 Å². The summed E-state index contributed by atoms with van der Waals surface area (Å²) in [7, 11) is 2.66. The molecule has 0 aliphatic carbocycles. The average Bonchev–Trinajstić information content (AvgIpc) is 2.33. The van der Waals surface area contributed by atoms with E-state index in [1.54, 1.807) is 0 Å². The summed E-state index contributed by atoms with van der Waals surface area (Å²) >= 11 is 0. The van der Waals surface area contributed by atoms with E-state index in [-0.39, 0.29) is 5.75 Å². The van der Waals surface area contributed by atoms with Crippen molar-refractivity contribution in [3.05, 3.63) is 53.6 Å². The second-order valence-electron chi connectivity index (χ2n) is 4.62. The molecule has 100 valence electrons. The van der Waals surface area contributed by atoms with Crippen molar-refractivity contribution in [2.45, 2.75) is 19.8 Å². The van der Waals surface area contributed by atoms with Crippen molar-refractivity contribution in [2.75, 3.05) is 0 Å². The Morgan fingerprint density at radius 3 is 2.16 bits per heavy atom. The van der Waals surface area contributed by atoms with Crippen LogP contribution in [0, 0.1) is 11.6 Å². The van der Waals surface area contributed by atoms with Crippen molar-refractivity contribution >= 4 is 14.5 Å². The average molecular weight is 280 g/mol. The Bertz CT molecular complexity index is 597. The molecule has 4 heteroatoms. The van der Waals surface area contributed by atoms with Crippen molar-refractivity contribution in [3.63, 3.8) is 0 Å². The standard InChI is InChI=1S/C15H15F2OP/c1-9(2)12-5-3-11(8-15(12)19)18-10-4-6-13(16)14(17)7-10/h3-9H,19H2,1-2H3. The van der Waals surface area contributed by atoms with Crippen LogP contribution < -0.4 is 10.0 Å². The van der Waals surface area contributed by atoms with Gasteiger partial charge in [-0.15, -0.1) is 9.24 Å². The molecule has 0 bridgehead atoms. The fourth-order valence-corrected chi connectivity index (χ4v) is 2.41. The second-order valence-corrected chi connectivity index (χ2v) is 5.25. The van der Waals surface area contributed by atoms with Gasteiger partial charge in [-0.1, -0.05) is 19.9 Å². The molecule has 2 aromatic rings. The summed E-state index contributed by atoms with van der Waals surface area (Å²) in [5.41, 5.74) is 1.21. The Balaban J connectivity index is 2.24. The summed E-state index contributed by atoms with van der Waals surface area (Å²) in [6, 6.07) is 9.15. The lowest BCUT2D eigenvalue weighted by Crippen LogP contribution is -2.03. The topological polar surface area (TPSA) is 9.23 Å². The monoisotopic (exact) mass is 280 g/mol. The molecular weight excluding hydrogens is 265 g/mol. The highest BCUT2D eigenvalue weighted by Crippen LogP contribution is 2.25. The van der Waals surface area contributed by atoms with E-state index in [1.807, 2.05) is 18.2 Å². The summed E-state index contributed by atoms with van der Waals surface area (Å²) < 4.78 is 31.4. The first-order chi connectivity index (χ1) is 8.97. The Hall–Kier alpha value is -1.47. The molecule has 0 aliphatic heterocycles. The molecule has 2 aromatic carbocycles. The summed E-state index contributed by atoms with van der Waals surface area (Å²) in [6.07, 6.45) is 0. The maximum absolute atomic E-state index is 13.1. The number of hydrogen-bond acceptors (Lipinski definition) is 1. The van der Waals surface area contributed by atoms with Gasteiger partial charge in [0, 0.05) is 6.07 Å². The first-order valence-corrected chi connectivity index (χ1v) is 6.57. The van der Waals surface area contributed by atoms with Crippen LogP contribution in [0.3, 0.4) is 0 Å². The molecule has 0 radical (unpaired) electrons. The zero-order valence-corrected chi connectivity index (χ0v) is 11.9. The van der Waals surface area contributed by atoms with Crippen molar-refractivity contribution in [1.29, 1.82) is 0 Å². The van der Waals surface area contributed by atoms with Gasteiger partial charge in [0.05, 0.1) is 0 Å². The van der Waals surface area contributed by atoms with Gasteiger partial charge in [-0.25, -0.2) is 8.78 Å². The molecular formula is C15H15F2OP. The lowest BCUT2D eigenvalue weighted by Gasteiger charge is -2.12. The van der Waals surface area contributed by atoms with Gasteiger partial charge in [-0.05, 0) is 41.1 Å². The van der Waals surface area contributed by atoms with Gasteiger partial charge < -0.3 is 4.74 Å². The largest absolute Gasteiger partial charge is 0.457 e. The van der Waals surface area contributed by atoms with E-state index in [9.17, 15) is 8.78 Å². The van der Waals surface area contributed by atoms with Crippen LogP contribution in [0.4, 0.5) is 8.78 Å². The molecule has 0 saturated carbocycles. The maximum atomic E-state index is 13.1. The Labute approximate surface area is 113 Å². The van der Waals surface area contributed by atoms with Gasteiger partial charge in [-0.3, -0.25) is 0 Å². The molecule has 0 N–H and O–H groups in total. The van der Waals surface area contributed by atoms with Crippen molar-refractivity contribution < 1.29 is 13.5 Å². The SMILES string of the molecule is CC(C)c1ccc(Oc2ccc(F)c(F)c2)cc1P. The molecule has 2 rings (SSSR count). The molecule has 19 heavy (non-hydrogen) atoms. The fraction of sp³-hybridized carbons (Fsp3) is 0.200. The highest BCUT2D eigenvalue weighted by Gasteiger charge is 2.07. The number of ether oxygens (including phenoxy) is 1. The molecule has 1 unspecified atom stereocenters. The highest BCUT2D eigenvalue weighted by atomic mass is 31.0. The van der Waals surface area contributed by atoms with Crippen LogP contribution in [-0.2, 0) is 0 Å². The first kappa shape index (κ1) is 14.0. The predicted octanol–water partition coefficient (Wildman–Crippen LogP) is 4.38. The van der Waals surface area contributed by atoms with Gasteiger partial charge in [0.1, 0.15) is 11.5 Å². The summed E-state index contributed by atoms with van der Waals surface area (Å²) in [5, 5.41) is 1.04. The summed E-state index contributed by atoms with van der Waals surface area (Å²) in [6.45, 7) is 4.22. The van der Waals surface area contributed by atoms with Crippen molar-refractivity contribution in [1.82, 2.24) is 0 Å². The van der Waals surface area contributed by atoms with E-state index in [2.05, 4.69) is 23.1 Å². The van der Waals surface area contributed by atoms with E-state index >= 15 is 0 Å². The number of rotatable bonds is 3. The first-order valence-electron chi connectivity index (χ1n) is 5.99. The van der Waals surface area contributed by atoms with Crippen LogP contribution in [0.2, 0.25) is 0 Å². The minimum Gasteiger partial charge on any atom is -0.457 e. The Morgan fingerprint density at radius 1 is 0.947 bits per heavy atom. The quantitative estimate of drug-likeness (QED) is 0.758. The van der Waals surface area contributed by atoms with Crippen molar-refractivity contribution in [3.8, 4) is 11.5 Å². The molecule has 1 atom stereocenters. The van der Waals surface area contributed by atoms with E-state index in [0.29, 0.717) is 11.7 Å². The molecule has 0 aliphatic rings. The van der Waals surface area contributed by atoms with Gasteiger partial charge in [0.25, 0.3) is 0 Å². The van der Waals surface area contributed by atoms with E-state index in [4.69, 9.17) is 4.74 Å². The smallest absolute Gasteiger partial charge is 0.162 e. The lowest BCUT2D eigenvalue weighted by molar-refractivity contribution is 0.461. The minimum atomic E-state index is -0.914. The van der Waals surface area contributed by atoms with E-state index in [0.717, 1.165) is 17.4 Å². The molecule has 0 aromatic heterocycles. The van der Waals surface area contributed by atoms with E-state index in [1.165, 1.54) is 11.6 Å². The molecule has 1 nitrogen and oxygen atoms in total. The van der Waals surface area contributed by atoms with Crippen LogP contribution in [0.25, 0.3) is 0 Å². The van der Waals surface area contributed by atoms with Crippen LogP contribution in [0.1, 0.15) is 25.3 Å². The molecule has 0 saturated heterocycles. The molecule has 0 heterocycles. The zero-order valence-electron chi connectivity index (χ0n) is 10.8. The predicted molar refractivity (Wildman–Crippen MR) is 76.3 cm³/mol. The third kappa shape index (κ3) is 3.30. The van der Waals surface area contributed by atoms with Gasteiger partial charge in [-0.2, -0.15) is 0 Å². The Morgan fingerprint density at radius 2 is 1.58 bits per heavy atom. The van der Waals surface area contributed by atoms with Crippen LogP contribution >= 0.6 is 9.24 Å². The number of halogens is 2. The maximum Gasteiger partial charge on any atom is 0.162 e. The van der Waals surface area contributed by atoms with Crippen molar-refractivity contribution in [2.24, 2.45) is 0 Å². The third-order valence-electron chi connectivity index (χ3n) is 2.81. The van der Waals surface area contributed by atoms with Crippen LogP contribution in [0.15, 0.2) is 36.4 Å². The summed E-state index contributed by atoms with van der Waals surface area (Å²) in [4.78, 5) is 0. The van der Waals surface area contributed by atoms with Gasteiger partial charge >= 0.3 is 0 Å². The Kier molecular flexibility index (Phi) is 4.16. The molecule has 0 amide bonds. The minimum absolute atomic E-state index is 0.278. The summed E-state index contributed by atoms with van der Waals surface area (Å²) in [5.74, 6) is -0.498. The highest BCUT2D eigenvalue weighted by molar-refractivity contribution is 7.27. The van der Waals surface area contributed by atoms with Gasteiger partial charge in [0.15, 0.2) is 11.6 Å². The lowest BCUT2D eigenvalue weighted by atomic mass is 10.0. The fourth-order valence-electron chi connectivity index (χ4n) is 1.82. The number of hydrogen-bond donors (Lipinski definition) is 0. The second kappa shape index (κ2) is 5.66. The van der Waals surface area contributed by atoms with E-state index < -0.39 is 11.6 Å². The zero-order chi connectivity index (χ0) is 14.0. The number of benzene rings is 2. The van der Waals surface area contributed by atoms with Crippen LogP contribution in [-0.4, -0.2) is 0 Å². The third-order valence-corrected chi connectivity index (χ3v) is 3.31. The normalized spacial score (nSPS) is 10.8. The molecule has 0 spiro atoms. The molecule has 0 fully saturated rings.